The Morgan fingerprint density at radius 2 is 1.57 bits per heavy atom. The van der Waals surface area contributed by atoms with Gasteiger partial charge in [-0.25, -0.2) is 0 Å². The summed E-state index contributed by atoms with van der Waals surface area (Å²) in [7, 11) is 0. The summed E-state index contributed by atoms with van der Waals surface area (Å²) in [6, 6.07) is 24.3. The molecule has 5 nitrogen and oxygen atoms in total. The van der Waals surface area contributed by atoms with Gasteiger partial charge in [-0.2, -0.15) is 0 Å². The summed E-state index contributed by atoms with van der Waals surface area (Å²) in [5, 5.41) is 3.07. The second-order valence-corrected chi connectivity index (χ2v) is 11.5. The van der Waals surface area contributed by atoms with E-state index in [-0.39, 0.29) is 25.0 Å². The molecule has 0 aliphatic carbocycles. The lowest BCUT2D eigenvalue weighted by Gasteiger charge is -2.33. The Bertz CT molecular complexity index is 1110. The van der Waals surface area contributed by atoms with E-state index in [1.54, 1.807) is 4.90 Å². The number of ether oxygens (including phenoxy) is 1. The molecular weight excluding hydrogens is 619 g/mol. The molecule has 0 fully saturated rings. The van der Waals surface area contributed by atoms with Crippen LogP contribution in [0.1, 0.15) is 31.9 Å². The van der Waals surface area contributed by atoms with Gasteiger partial charge in [0.1, 0.15) is 11.8 Å². The number of rotatable bonds is 9. The molecule has 0 aromatic heterocycles. The number of nitrogens with zero attached hydrogens (tertiary/aromatic N) is 1. The minimum atomic E-state index is -0.701. The molecule has 2 amide bonds. The predicted molar refractivity (Wildman–Crippen MR) is 151 cm³/mol. The van der Waals surface area contributed by atoms with E-state index in [4.69, 9.17) is 4.74 Å². The smallest absolute Gasteiger partial charge is 0.261 e. The van der Waals surface area contributed by atoms with E-state index in [0.29, 0.717) is 12.2 Å². The molecule has 0 saturated heterocycles. The lowest BCUT2D eigenvalue weighted by atomic mass is 10.0. The van der Waals surface area contributed by atoms with E-state index < -0.39 is 11.6 Å². The van der Waals surface area contributed by atoms with Crippen molar-refractivity contribution in [3.63, 3.8) is 0 Å². The Morgan fingerprint density at radius 1 is 0.943 bits per heavy atom. The molecule has 0 heterocycles. The predicted octanol–water partition coefficient (Wildman–Crippen LogP) is 5.99. The molecule has 7 heteroatoms. The van der Waals surface area contributed by atoms with Crippen LogP contribution in [0.2, 0.25) is 0 Å². The van der Waals surface area contributed by atoms with Gasteiger partial charge in [-0.1, -0.05) is 58.4 Å². The number of amides is 2. The second kappa shape index (κ2) is 12.5. The molecule has 3 rings (SSSR count). The third-order valence-corrected chi connectivity index (χ3v) is 6.46. The quantitative estimate of drug-likeness (QED) is 0.290. The highest BCUT2D eigenvalue weighted by molar-refractivity contribution is 14.1. The number of carbonyl (C=O) groups excluding carboxylic acids is 2. The fourth-order valence-corrected chi connectivity index (χ4v) is 4.18. The van der Waals surface area contributed by atoms with Gasteiger partial charge in [-0.3, -0.25) is 9.59 Å². The maximum atomic E-state index is 13.6. The van der Waals surface area contributed by atoms with Gasteiger partial charge in [0.05, 0.1) is 0 Å². The number of benzene rings is 3. The van der Waals surface area contributed by atoms with Crippen LogP contribution < -0.4 is 10.1 Å². The van der Waals surface area contributed by atoms with Gasteiger partial charge in [-0.05, 0) is 90.9 Å². The highest BCUT2D eigenvalue weighted by Crippen LogP contribution is 2.19. The van der Waals surface area contributed by atoms with Crippen LogP contribution in [0.25, 0.3) is 0 Å². The van der Waals surface area contributed by atoms with Crippen LogP contribution >= 0.6 is 38.5 Å². The summed E-state index contributed by atoms with van der Waals surface area (Å²) >= 11 is 5.68. The molecule has 0 spiro atoms. The van der Waals surface area contributed by atoms with Crippen molar-refractivity contribution in [1.29, 1.82) is 0 Å². The van der Waals surface area contributed by atoms with Crippen molar-refractivity contribution in [3.8, 4) is 5.75 Å². The molecule has 0 saturated carbocycles. The summed E-state index contributed by atoms with van der Waals surface area (Å²) in [4.78, 5) is 28.7. The first kappa shape index (κ1) is 27.2. The summed E-state index contributed by atoms with van der Waals surface area (Å²) in [6.45, 7) is 5.93. The first-order chi connectivity index (χ1) is 16.6. The number of carbonyl (C=O) groups is 2. The Labute approximate surface area is 229 Å². The number of halogens is 2. The third kappa shape index (κ3) is 8.96. The zero-order chi connectivity index (χ0) is 25.4. The summed E-state index contributed by atoms with van der Waals surface area (Å²) in [6.07, 6.45) is 0.397. The van der Waals surface area contributed by atoms with Gasteiger partial charge >= 0.3 is 0 Å². The van der Waals surface area contributed by atoms with Crippen molar-refractivity contribution < 1.29 is 14.3 Å². The molecule has 0 radical (unpaired) electrons. The topological polar surface area (TPSA) is 58.6 Å². The van der Waals surface area contributed by atoms with Gasteiger partial charge in [0.15, 0.2) is 6.61 Å². The van der Waals surface area contributed by atoms with Crippen molar-refractivity contribution in [2.24, 2.45) is 0 Å². The maximum Gasteiger partial charge on any atom is 0.261 e. The van der Waals surface area contributed by atoms with E-state index >= 15 is 0 Å². The van der Waals surface area contributed by atoms with Gasteiger partial charge in [0.2, 0.25) is 5.91 Å². The average Bonchev–Trinajstić information content (AvgIpc) is 2.81. The molecule has 3 aromatic rings. The summed E-state index contributed by atoms with van der Waals surface area (Å²) in [5.74, 6) is 0.165. The van der Waals surface area contributed by atoms with E-state index in [2.05, 4.69) is 43.8 Å². The largest absolute Gasteiger partial charge is 0.484 e. The normalized spacial score (nSPS) is 12.0. The molecule has 0 aliphatic rings. The van der Waals surface area contributed by atoms with Gasteiger partial charge < -0.3 is 15.0 Å². The first-order valence-corrected chi connectivity index (χ1v) is 13.3. The van der Waals surface area contributed by atoms with Crippen molar-refractivity contribution >= 4 is 50.3 Å². The Hall–Kier alpha value is -2.39. The molecule has 1 atom stereocenters. The maximum absolute atomic E-state index is 13.6. The lowest BCUT2D eigenvalue weighted by Crippen LogP contribution is -2.55. The van der Waals surface area contributed by atoms with Gasteiger partial charge in [0.25, 0.3) is 5.91 Å². The van der Waals surface area contributed by atoms with Crippen LogP contribution in [-0.4, -0.2) is 34.9 Å². The number of hydrogen-bond donors (Lipinski definition) is 1. The van der Waals surface area contributed by atoms with Crippen LogP contribution in [0, 0.1) is 3.57 Å². The van der Waals surface area contributed by atoms with E-state index in [0.717, 1.165) is 19.2 Å². The molecule has 1 N–H and O–H groups in total. The van der Waals surface area contributed by atoms with Crippen molar-refractivity contribution in [2.45, 2.75) is 45.3 Å². The minimum absolute atomic E-state index is 0.162. The minimum Gasteiger partial charge on any atom is -0.484 e. The monoisotopic (exact) mass is 648 g/mol. The highest BCUT2D eigenvalue weighted by Gasteiger charge is 2.32. The zero-order valence-electron chi connectivity index (χ0n) is 20.1. The second-order valence-electron chi connectivity index (χ2n) is 9.34. The Morgan fingerprint density at radius 3 is 2.17 bits per heavy atom. The Balaban J connectivity index is 1.91. The lowest BCUT2D eigenvalue weighted by molar-refractivity contribution is -0.143. The number of nitrogens with one attached hydrogen (secondary N) is 1. The average molecular weight is 649 g/mol. The molecule has 35 heavy (non-hydrogen) atoms. The SMILES string of the molecule is CC(C)(C)NC(=O)C(Cc1ccccc1)N(Cc1ccc(Br)cc1)C(=O)COc1ccc(I)cc1. The van der Waals surface area contributed by atoms with Crippen molar-refractivity contribution in [3.05, 3.63) is 98.0 Å². The molecule has 184 valence electrons. The standard InChI is InChI=1S/C28H30BrIN2O3/c1-28(2,3)31-27(34)25(17-20-7-5-4-6-8-20)32(18-21-9-11-22(29)12-10-21)26(33)19-35-24-15-13-23(30)14-16-24/h4-16,25H,17-19H2,1-3H3,(H,31,34). The van der Waals surface area contributed by atoms with E-state index in [9.17, 15) is 9.59 Å². The van der Waals surface area contributed by atoms with Crippen LogP contribution in [0.5, 0.6) is 5.75 Å². The fraction of sp³-hybridized carbons (Fsp3) is 0.286. The summed E-state index contributed by atoms with van der Waals surface area (Å²) in [5.41, 5.74) is 1.47. The number of hydrogen-bond acceptors (Lipinski definition) is 3. The molecule has 0 bridgehead atoms. The Kier molecular flexibility index (Phi) is 9.74. The summed E-state index contributed by atoms with van der Waals surface area (Å²) < 4.78 is 7.84. The first-order valence-electron chi connectivity index (χ1n) is 11.4. The highest BCUT2D eigenvalue weighted by atomic mass is 127. The van der Waals surface area contributed by atoms with Crippen molar-refractivity contribution in [1.82, 2.24) is 10.2 Å². The van der Waals surface area contributed by atoms with Crippen LogP contribution in [-0.2, 0) is 22.6 Å². The third-order valence-electron chi connectivity index (χ3n) is 5.21. The van der Waals surface area contributed by atoms with Crippen LogP contribution in [0.3, 0.4) is 0 Å². The van der Waals surface area contributed by atoms with Crippen LogP contribution in [0.15, 0.2) is 83.3 Å². The molecule has 3 aromatic carbocycles. The van der Waals surface area contributed by atoms with Crippen molar-refractivity contribution in [2.75, 3.05) is 6.61 Å². The molecule has 0 aliphatic heterocycles. The van der Waals surface area contributed by atoms with Gasteiger partial charge in [0, 0.05) is 26.5 Å². The zero-order valence-corrected chi connectivity index (χ0v) is 23.9. The van der Waals surface area contributed by atoms with E-state index in [1.165, 1.54) is 0 Å². The van der Waals surface area contributed by atoms with E-state index in [1.807, 2.05) is 99.6 Å². The molecular formula is C28H30BrIN2O3. The van der Waals surface area contributed by atoms with Gasteiger partial charge in [-0.15, -0.1) is 0 Å². The molecule has 1 unspecified atom stereocenters. The van der Waals surface area contributed by atoms with Crippen LogP contribution in [0.4, 0.5) is 0 Å². The fourth-order valence-electron chi connectivity index (χ4n) is 3.55.